The summed E-state index contributed by atoms with van der Waals surface area (Å²) in [5.41, 5.74) is 4.15. The molecule has 1 unspecified atom stereocenters. The molecule has 4 rings (SSSR count). The summed E-state index contributed by atoms with van der Waals surface area (Å²) >= 11 is 0. The number of nitrogens with one attached hydrogen (secondary N) is 2. The number of carbonyl (C=O) groups is 1. The van der Waals surface area contributed by atoms with Gasteiger partial charge in [0.25, 0.3) is 0 Å². The van der Waals surface area contributed by atoms with Crippen LogP contribution in [0.25, 0.3) is 10.9 Å². The van der Waals surface area contributed by atoms with Gasteiger partial charge in [0.2, 0.25) is 0 Å². The molecule has 0 saturated heterocycles. The van der Waals surface area contributed by atoms with E-state index < -0.39 is 0 Å². The van der Waals surface area contributed by atoms with Crippen LogP contribution in [-0.2, 0) is 16.1 Å². The van der Waals surface area contributed by atoms with Crippen LogP contribution in [0.2, 0.25) is 0 Å². The number of H-pyrrole nitrogens is 2. The number of ether oxygens (including phenoxy) is 2. The number of hydrogen-bond donors (Lipinski definition) is 2. The summed E-state index contributed by atoms with van der Waals surface area (Å²) in [6.45, 7) is 2.73. The molecule has 1 atom stereocenters. The summed E-state index contributed by atoms with van der Waals surface area (Å²) in [6.07, 6.45) is 4.13. The van der Waals surface area contributed by atoms with Crippen molar-refractivity contribution in [2.24, 2.45) is 0 Å². The van der Waals surface area contributed by atoms with E-state index in [9.17, 15) is 4.79 Å². The minimum atomic E-state index is -0.204. The number of aromatic nitrogens is 2. The summed E-state index contributed by atoms with van der Waals surface area (Å²) in [7, 11) is 0. The van der Waals surface area contributed by atoms with Gasteiger partial charge in [0.05, 0.1) is 13.0 Å². The van der Waals surface area contributed by atoms with E-state index in [1.807, 2.05) is 80.0 Å². The maximum absolute atomic E-state index is 12.2. The van der Waals surface area contributed by atoms with E-state index in [1.165, 1.54) is 0 Å². The van der Waals surface area contributed by atoms with E-state index in [0.717, 1.165) is 33.5 Å². The second-order valence-electron chi connectivity index (χ2n) is 6.91. The largest absolute Gasteiger partial charge is 0.489 e. The number of rotatable bonds is 8. The Bertz CT molecular complexity index is 1070. The minimum absolute atomic E-state index is 0.103. The number of aromatic amines is 2. The van der Waals surface area contributed by atoms with E-state index in [0.29, 0.717) is 13.2 Å². The number of fused-ring (bicyclic) bond motifs is 1. The van der Waals surface area contributed by atoms with Crippen molar-refractivity contribution < 1.29 is 14.3 Å². The van der Waals surface area contributed by atoms with Crippen LogP contribution in [0.3, 0.4) is 0 Å². The lowest BCUT2D eigenvalue weighted by Crippen LogP contribution is -2.11. The normalized spacial score (nSPS) is 12.0. The van der Waals surface area contributed by atoms with Gasteiger partial charge < -0.3 is 19.4 Å². The van der Waals surface area contributed by atoms with Gasteiger partial charge in [-0.15, -0.1) is 0 Å². The average molecular weight is 388 g/mol. The van der Waals surface area contributed by atoms with Gasteiger partial charge in [-0.05, 0) is 42.3 Å². The third-order valence-electron chi connectivity index (χ3n) is 4.98. The first-order chi connectivity index (χ1) is 14.2. The fourth-order valence-corrected chi connectivity index (χ4v) is 3.58. The third-order valence-corrected chi connectivity index (χ3v) is 4.98. The SMILES string of the molecule is CCOC(=O)CC(c1ccc[nH]1)c1c[nH]c2cc(OCc3ccccc3)ccc12. The lowest BCUT2D eigenvalue weighted by Gasteiger charge is -2.15. The van der Waals surface area contributed by atoms with Crippen molar-refractivity contribution in [1.82, 2.24) is 9.97 Å². The molecule has 0 aliphatic heterocycles. The highest BCUT2D eigenvalue weighted by Crippen LogP contribution is 2.34. The van der Waals surface area contributed by atoms with E-state index in [-0.39, 0.29) is 18.3 Å². The molecule has 5 heteroatoms. The second-order valence-corrected chi connectivity index (χ2v) is 6.91. The molecule has 2 N–H and O–H groups in total. The maximum atomic E-state index is 12.2. The molecule has 0 spiro atoms. The van der Waals surface area contributed by atoms with Crippen LogP contribution < -0.4 is 4.74 Å². The molecule has 148 valence electrons. The van der Waals surface area contributed by atoms with Gasteiger partial charge in [-0.3, -0.25) is 4.79 Å². The van der Waals surface area contributed by atoms with E-state index in [4.69, 9.17) is 9.47 Å². The fourth-order valence-electron chi connectivity index (χ4n) is 3.58. The van der Waals surface area contributed by atoms with Gasteiger partial charge in [-0.2, -0.15) is 0 Å². The van der Waals surface area contributed by atoms with Gasteiger partial charge in [0.15, 0.2) is 0 Å². The molecule has 0 fully saturated rings. The molecule has 0 aliphatic carbocycles. The Morgan fingerprint density at radius 1 is 1.03 bits per heavy atom. The molecule has 5 nitrogen and oxygen atoms in total. The standard InChI is InChI=1S/C24H24N2O3/c1-2-28-24(27)14-20(22-9-6-12-25-22)21-15-26-23-13-18(10-11-19(21)23)29-16-17-7-4-3-5-8-17/h3-13,15,20,25-26H,2,14,16H2,1H3. The van der Waals surface area contributed by atoms with Gasteiger partial charge in [-0.25, -0.2) is 0 Å². The van der Waals surface area contributed by atoms with E-state index in [2.05, 4.69) is 9.97 Å². The van der Waals surface area contributed by atoms with Crippen LogP contribution in [-0.4, -0.2) is 22.5 Å². The molecule has 29 heavy (non-hydrogen) atoms. The van der Waals surface area contributed by atoms with Crippen LogP contribution >= 0.6 is 0 Å². The second kappa shape index (κ2) is 8.69. The number of hydrogen-bond acceptors (Lipinski definition) is 3. The molecule has 2 aromatic carbocycles. The smallest absolute Gasteiger partial charge is 0.306 e. The van der Waals surface area contributed by atoms with Crippen LogP contribution in [0.4, 0.5) is 0 Å². The molecule has 0 radical (unpaired) electrons. The fraction of sp³-hybridized carbons (Fsp3) is 0.208. The Morgan fingerprint density at radius 2 is 1.90 bits per heavy atom. The number of carbonyl (C=O) groups excluding carboxylic acids is 1. The molecule has 0 amide bonds. The molecule has 2 aromatic heterocycles. The monoisotopic (exact) mass is 388 g/mol. The minimum Gasteiger partial charge on any atom is -0.489 e. The maximum Gasteiger partial charge on any atom is 0.306 e. The van der Waals surface area contributed by atoms with Crippen molar-refractivity contribution in [3.05, 3.63) is 89.9 Å². The quantitative estimate of drug-likeness (QED) is 0.410. The number of esters is 1. The number of benzene rings is 2. The molecular weight excluding hydrogens is 364 g/mol. The Balaban J connectivity index is 1.58. The van der Waals surface area contributed by atoms with Crippen LogP contribution in [0.15, 0.2) is 73.1 Å². The van der Waals surface area contributed by atoms with Crippen molar-refractivity contribution in [1.29, 1.82) is 0 Å². The Hall–Kier alpha value is -3.47. The van der Waals surface area contributed by atoms with Gasteiger partial charge in [-0.1, -0.05) is 30.3 Å². The zero-order chi connectivity index (χ0) is 20.1. The lowest BCUT2D eigenvalue weighted by atomic mass is 9.92. The Morgan fingerprint density at radius 3 is 2.66 bits per heavy atom. The summed E-state index contributed by atoms with van der Waals surface area (Å²) in [5, 5.41) is 1.07. The predicted octanol–water partition coefficient (Wildman–Crippen LogP) is 5.16. The van der Waals surface area contributed by atoms with Gasteiger partial charge in [0, 0.05) is 41.0 Å². The Kier molecular flexibility index (Phi) is 5.66. The summed E-state index contributed by atoms with van der Waals surface area (Å²) < 4.78 is 11.1. The molecule has 2 heterocycles. The third kappa shape index (κ3) is 4.35. The molecule has 4 aromatic rings. The summed E-state index contributed by atoms with van der Waals surface area (Å²) in [5.74, 6) is 0.495. The van der Waals surface area contributed by atoms with E-state index in [1.54, 1.807) is 0 Å². The van der Waals surface area contributed by atoms with E-state index >= 15 is 0 Å². The van der Waals surface area contributed by atoms with Crippen LogP contribution in [0.1, 0.15) is 36.1 Å². The highest BCUT2D eigenvalue weighted by Gasteiger charge is 2.23. The first-order valence-corrected chi connectivity index (χ1v) is 9.81. The lowest BCUT2D eigenvalue weighted by molar-refractivity contribution is -0.143. The summed E-state index contributed by atoms with van der Waals surface area (Å²) in [4.78, 5) is 18.8. The summed E-state index contributed by atoms with van der Waals surface area (Å²) in [6, 6.07) is 20.0. The zero-order valence-electron chi connectivity index (χ0n) is 16.4. The highest BCUT2D eigenvalue weighted by molar-refractivity contribution is 5.86. The highest BCUT2D eigenvalue weighted by atomic mass is 16.5. The topological polar surface area (TPSA) is 67.1 Å². The van der Waals surface area contributed by atoms with Crippen molar-refractivity contribution in [3.63, 3.8) is 0 Å². The zero-order valence-corrected chi connectivity index (χ0v) is 16.4. The van der Waals surface area contributed by atoms with Crippen molar-refractivity contribution in [2.45, 2.75) is 25.9 Å². The predicted molar refractivity (Wildman–Crippen MR) is 113 cm³/mol. The van der Waals surface area contributed by atoms with Crippen molar-refractivity contribution in [3.8, 4) is 5.75 Å². The van der Waals surface area contributed by atoms with Gasteiger partial charge in [0.1, 0.15) is 12.4 Å². The van der Waals surface area contributed by atoms with Crippen molar-refractivity contribution >= 4 is 16.9 Å². The van der Waals surface area contributed by atoms with Crippen LogP contribution in [0.5, 0.6) is 5.75 Å². The first-order valence-electron chi connectivity index (χ1n) is 9.81. The molecule has 0 saturated carbocycles. The average Bonchev–Trinajstić information content (AvgIpc) is 3.41. The van der Waals surface area contributed by atoms with Crippen molar-refractivity contribution in [2.75, 3.05) is 6.61 Å². The molecular formula is C24H24N2O3. The first kappa shape index (κ1) is 18.9. The Labute approximate surface area is 169 Å². The molecule has 0 bridgehead atoms. The van der Waals surface area contributed by atoms with Crippen LogP contribution in [0, 0.1) is 0 Å². The molecule has 0 aliphatic rings. The van der Waals surface area contributed by atoms with Gasteiger partial charge >= 0.3 is 5.97 Å².